The Bertz CT molecular complexity index is 854. The van der Waals surface area contributed by atoms with Crippen LogP contribution in [-0.2, 0) is 11.2 Å². The fraction of sp³-hybridized carbons (Fsp3) is 0.167. The molecule has 2 heterocycles. The maximum absolute atomic E-state index is 12.0. The van der Waals surface area contributed by atoms with Crippen LogP contribution in [0.4, 0.5) is 10.8 Å². The molecule has 0 unspecified atom stereocenters. The molecule has 0 saturated heterocycles. The second-order valence-corrected chi connectivity index (χ2v) is 6.35. The molecule has 2 aromatic heterocycles. The first-order valence-corrected chi connectivity index (χ1v) is 8.64. The Morgan fingerprint density at radius 3 is 2.68 bits per heavy atom. The van der Waals surface area contributed by atoms with Gasteiger partial charge in [-0.1, -0.05) is 17.7 Å². The number of hydrogen-bond donors (Lipinski definition) is 2. The van der Waals surface area contributed by atoms with Gasteiger partial charge in [0.15, 0.2) is 10.9 Å². The first kappa shape index (κ1) is 16.9. The lowest BCUT2D eigenvalue weighted by Gasteiger charge is -2.04. The number of rotatable bonds is 6. The van der Waals surface area contributed by atoms with Crippen LogP contribution in [0.2, 0.25) is 0 Å². The van der Waals surface area contributed by atoms with E-state index < -0.39 is 0 Å². The van der Waals surface area contributed by atoms with Crippen LogP contribution in [0.15, 0.2) is 52.5 Å². The summed E-state index contributed by atoms with van der Waals surface area (Å²) in [5.74, 6) is -0.185. The van der Waals surface area contributed by atoms with Gasteiger partial charge >= 0.3 is 0 Å². The van der Waals surface area contributed by atoms with E-state index in [9.17, 15) is 9.59 Å². The molecule has 0 spiro atoms. The van der Waals surface area contributed by atoms with Gasteiger partial charge in [-0.3, -0.25) is 14.9 Å². The van der Waals surface area contributed by atoms with Gasteiger partial charge in [0.1, 0.15) is 0 Å². The van der Waals surface area contributed by atoms with Gasteiger partial charge in [-0.15, -0.1) is 11.3 Å². The van der Waals surface area contributed by atoms with Crippen molar-refractivity contribution in [1.82, 2.24) is 4.98 Å². The molecule has 3 aromatic rings. The van der Waals surface area contributed by atoms with Gasteiger partial charge in [-0.05, 0) is 37.6 Å². The number of hydrogen-bond acceptors (Lipinski definition) is 5. The summed E-state index contributed by atoms with van der Waals surface area (Å²) < 4.78 is 5.03. The van der Waals surface area contributed by atoms with Crippen molar-refractivity contribution in [3.05, 3.63) is 65.1 Å². The Morgan fingerprint density at radius 1 is 1.16 bits per heavy atom. The van der Waals surface area contributed by atoms with Crippen LogP contribution < -0.4 is 10.6 Å². The van der Waals surface area contributed by atoms with Crippen LogP contribution in [0.5, 0.6) is 0 Å². The Hall–Kier alpha value is -2.93. The number of carbonyl (C=O) groups excluding carboxylic acids is 2. The molecule has 7 heteroatoms. The molecule has 25 heavy (non-hydrogen) atoms. The van der Waals surface area contributed by atoms with Crippen LogP contribution in [0.3, 0.4) is 0 Å². The first-order valence-electron chi connectivity index (χ1n) is 7.76. The highest BCUT2D eigenvalue weighted by molar-refractivity contribution is 7.13. The average Bonchev–Trinajstić information content (AvgIpc) is 3.27. The van der Waals surface area contributed by atoms with Crippen LogP contribution in [-0.4, -0.2) is 16.8 Å². The second-order valence-electron chi connectivity index (χ2n) is 5.49. The van der Waals surface area contributed by atoms with Crippen LogP contribution >= 0.6 is 11.3 Å². The number of nitrogens with zero attached hydrogens (tertiary/aromatic N) is 1. The number of nitrogens with one attached hydrogen (secondary N) is 2. The number of carbonyl (C=O) groups is 2. The number of thiazole rings is 1. The third kappa shape index (κ3) is 4.77. The minimum atomic E-state index is -0.344. The highest BCUT2D eigenvalue weighted by Gasteiger charge is 2.12. The number of benzene rings is 1. The summed E-state index contributed by atoms with van der Waals surface area (Å²) in [5, 5.41) is 7.84. The van der Waals surface area contributed by atoms with Gasteiger partial charge in [0, 0.05) is 17.5 Å². The molecule has 0 aliphatic heterocycles. The van der Waals surface area contributed by atoms with Crippen molar-refractivity contribution >= 4 is 34.0 Å². The molecular formula is C18H17N3O3S. The molecular weight excluding hydrogens is 338 g/mol. The van der Waals surface area contributed by atoms with Gasteiger partial charge in [0.25, 0.3) is 5.91 Å². The fourth-order valence-electron chi connectivity index (χ4n) is 2.15. The first-order chi connectivity index (χ1) is 12.1. The average molecular weight is 355 g/mol. The van der Waals surface area contributed by atoms with Crippen molar-refractivity contribution in [3.63, 3.8) is 0 Å². The summed E-state index contributed by atoms with van der Waals surface area (Å²) >= 11 is 1.32. The lowest BCUT2D eigenvalue weighted by molar-refractivity contribution is -0.116. The van der Waals surface area contributed by atoms with Crippen molar-refractivity contribution in [1.29, 1.82) is 0 Å². The molecule has 0 atom stereocenters. The predicted octanol–water partition coefficient (Wildman–Crippen LogP) is 3.87. The third-order valence-corrected chi connectivity index (χ3v) is 4.27. The number of anilines is 2. The summed E-state index contributed by atoms with van der Waals surface area (Å²) in [5.41, 5.74) is 2.68. The zero-order valence-corrected chi connectivity index (χ0v) is 14.4. The van der Waals surface area contributed by atoms with Gasteiger partial charge in [-0.2, -0.15) is 0 Å². The van der Waals surface area contributed by atoms with Gasteiger partial charge < -0.3 is 9.73 Å². The van der Waals surface area contributed by atoms with Crippen molar-refractivity contribution < 1.29 is 14.0 Å². The maximum Gasteiger partial charge on any atom is 0.293 e. The van der Waals surface area contributed by atoms with Crippen LogP contribution in [0.1, 0.15) is 28.2 Å². The van der Waals surface area contributed by atoms with E-state index in [2.05, 4.69) is 15.6 Å². The Labute approximate surface area is 148 Å². The van der Waals surface area contributed by atoms with E-state index in [1.807, 2.05) is 36.6 Å². The van der Waals surface area contributed by atoms with Gasteiger partial charge in [0.05, 0.1) is 12.0 Å². The number of aromatic nitrogens is 1. The largest absolute Gasteiger partial charge is 0.459 e. The van der Waals surface area contributed by atoms with E-state index in [0.29, 0.717) is 18.0 Å². The molecule has 0 radical (unpaired) electrons. The second kappa shape index (κ2) is 7.76. The smallest absolute Gasteiger partial charge is 0.293 e. The van der Waals surface area contributed by atoms with Crippen molar-refractivity contribution in [3.8, 4) is 0 Å². The van der Waals surface area contributed by atoms with E-state index in [1.165, 1.54) is 17.6 Å². The van der Waals surface area contributed by atoms with E-state index in [4.69, 9.17) is 4.42 Å². The zero-order valence-electron chi connectivity index (χ0n) is 13.6. The monoisotopic (exact) mass is 355 g/mol. The minimum Gasteiger partial charge on any atom is -0.459 e. The molecule has 6 nitrogen and oxygen atoms in total. The topological polar surface area (TPSA) is 84.2 Å². The minimum absolute atomic E-state index is 0.0713. The van der Waals surface area contributed by atoms with Crippen LogP contribution in [0.25, 0.3) is 0 Å². The van der Waals surface area contributed by atoms with Gasteiger partial charge in [0.2, 0.25) is 5.91 Å². The molecule has 0 aliphatic carbocycles. The summed E-state index contributed by atoms with van der Waals surface area (Å²) in [7, 11) is 0. The molecule has 1 aromatic carbocycles. The summed E-state index contributed by atoms with van der Waals surface area (Å²) in [4.78, 5) is 28.2. The fourth-order valence-corrected chi connectivity index (χ4v) is 2.89. The molecule has 0 bridgehead atoms. The lowest BCUT2D eigenvalue weighted by Crippen LogP contribution is -2.12. The number of furan rings is 1. The maximum atomic E-state index is 12.0. The van der Waals surface area contributed by atoms with Crippen molar-refractivity contribution in [2.45, 2.75) is 19.8 Å². The highest BCUT2D eigenvalue weighted by Crippen LogP contribution is 2.18. The molecule has 2 amide bonds. The SMILES string of the molecule is Cc1ccc(NC(=O)CCc2csc(NC(=O)c3ccco3)n2)cc1. The molecule has 0 aliphatic rings. The summed E-state index contributed by atoms with van der Waals surface area (Å²) in [6.07, 6.45) is 2.27. The summed E-state index contributed by atoms with van der Waals surface area (Å²) in [6.45, 7) is 2.00. The standard InChI is InChI=1S/C18H17N3O3S/c1-12-4-6-13(7-5-12)19-16(22)9-8-14-11-25-18(20-14)21-17(23)15-3-2-10-24-15/h2-7,10-11H,8-9H2,1H3,(H,19,22)(H,20,21,23). The molecule has 2 N–H and O–H groups in total. The summed E-state index contributed by atoms with van der Waals surface area (Å²) in [6, 6.07) is 10.9. The highest BCUT2D eigenvalue weighted by atomic mass is 32.1. The zero-order chi connectivity index (χ0) is 17.6. The quantitative estimate of drug-likeness (QED) is 0.703. The number of aryl methyl sites for hydroxylation is 2. The molecule has 0 saturated carbocycles. The Kier molecular flexibility index (Phi) is 5.25. The normalized spacial score (nSPS) is 10.4. The van der Waals surface area contributed by atoms with Crippen molar-refractivity contribution in [2.75, 3.05) is 10.6 Å². The molecule has 128 valence electrons. The number of amides is 2. The molecule has 3 rings (SSSR count). The lowest BCUT2D eigenvalue weighted by atomic mass is 10.2. The van der Waals surface area contributed by atoms with E-state index in [0.717, 1.165) is 16.9 Å². The van der Waals surface area contributed by atoms with E-state index in [1.54, 1.807) is 12.1 Å². The third-order valence-electron chi connectivity index (χ3n) is 3.46. The Balaban J connectivity index is 1.49. The van der Waals surface area contributed by atoms with E-state index >= 15 is 0 Å². The Morgan fingerprint density at radius 2 is 1.96 bits per heavy atom. The van der Waals surface area contributed by atoms with Crippen molar-refractivity contribution in [2.24, 2.45) is 0 Å². The van der Waals surface area contributed by atoms with Gasteiger partial charge in [-0.25, -0.2) is 4.98 Å². The van der Waals surface area contributed by atoms with Crippen LogP contribution in [0, 0.1) is 6.92 Å². The van der Waals surface area contributed by atoms with E-state index in [-0.39, 0.29) is 17.6 Å². The predicted molar refractivity (Wildman–Crippen MR) is 96.9 cm³/mol. The molecule has 0 fully saturated rings.